The molecular formula is C8H10N6O2. The maximum absolute atomic E-state index is 9.37. The molecule has 1 fully saturated rings. The van der Waals surface area contributed by atoms with Crippen molar-refractivity contribution in [3.63, 3.8) is 0 Å². The van der Waals surface area contributed by atoms with Crippen molar-refractivity contribution in [3.8, 4) is 11.5 Å². The lowest BCUT2D eigenvalue weighted by atomic mass is 10.2. The lowest BCUT2D eigenvalue weighted by Gasteiger charge is -2.01. The molecule has 0 saturated carbocycles. The SMILES string of the molecule is O[C@@H]1CN[C@H](c2nc(-c3cn[nH]n3)no2)C1. The van der Waals surface area contributed by atoms with E-state index in [-0.39, 0.29) is 12.1 Å². The molecule has 3 heterocycles. The Hall–Kier alpha value is -1.80. The molecule has 0 unspecified atom stereocenters. The minimum Gasteiger partial charge on any atom is -0.392 e. The Bertz CT molecular complexity index is 467. The van der Waals surface area contributed by atoms with Crippen LogP contribution in [0.4, 0.5) is 0 Å². The second-order valence-corrected chi connectivity index (χ2v) is 3.66. The standard InChI is InChI=1S/C8H10N6O2/c15-4-1-5(9-2-4)8-11-7(13-16-8)6-3-10-14-12-6/h3-5,9,15H,1-2H2,(H,10,12,14)/t4-,5-/m0/s1. The van der Waals surface area contributed by atoms with E-state index in [1.165, 1.54) is 6.20 Å². The summed E-state index contributed by atoms with van der Waals surface area (Å²) >= 11 is 0. The Kier molecular flexibility index (Phi) is 2.15. The minimum absolute atomic E-state index is 0.0804. The highest BCUT2D eigenvalue weighted by Gasteiger charge is 2.28. The molecule has 8 nitrogen and oxygen atoms in total. The number of nitrogens with one attached hydrogen (secondary N) is 2. The summed E-state index contributed by atoms with van der Waals surface area (Å²) in [7, 11) is 0. The molecule has 0 bridgehead atoms. The molecule has 0 radical (unpaired) electrons. The summed E-state index contributed by atoms with van der Waals surface area (Å²) in [5, 5.41) is 26.3. The fourth-order valence-corrected chi connectivity index (χ4v) is 1.70. The van der Waals surface area contributed by atoms with E-state index in [0.29, 0.717) is 30.4 Å². The van der Waals surface area contributed by atoms with Crippen molar-refractivity contribution in [1.82, 2.24) is 30.9 Å². The molecule has 16 heavy (non-hydrogen) atoms. The summed E-state index contributed by atoms with van der Waals surface area (Å²) < 4.78 is 5.10. The first-order valence-electron chi connectivity index (χ1n) is 4.94. The summed E-state index contributed by atoms with van der Waals surface area (Å²) in [5.74, 6) is 0.862. The second-order valence-electron chi connectivity index (χ2n) is 3.66. The topological polar surface area (TPSA) is 113 Å². The molecule has 2 aromatic heterocycles. The van der Waals surface area contributed by atoms with E-state index in [2.05, 4.69) is 30.9 Å². The number of aliphatic hydroxyl groups excluding tert-OH is 1. The van der Waals surface area contributed by atoms with Crippen molar-refractivity contribution in [2.45, 2.75) is 18.6 Å². The van der Waals surface area contributed by atoms with Crippen molar-refractivity contribution in [1.29, 1.82) is 0 Å². The van der Waals surface area contributed by atoms with Crippen molar-refractivity contribution in [2.24, 2.45) is 0 Å². The predicted octanol–water partition coefficient (Wildman–Crippen LogP) is -0.750. The van der Waals surface area contributed by atoms with E-state index in [0.717, 1.165) is 0 Å². The van der Waals surface area contributed by atoms with Crippen LogP contribution in [0, 0.1) is 0 Å². The van der Waals surface area contributed by atoms with Gasteiger partial charge in [0.05, 0.1) is 18.3 Å². The zero-order chi connectivity index (χ0) is 11.0. The number of aliphatic hydroxyl groups is 1. The second kappa shape index (κ2) is 3.65. The minimum atomic E-state index is -0.354. The van der Waals surface area contributed by atoms with Crippen LogP contribution in [0.15, 0.2) is 10.7 Å². The first-order chi connectivity index (χ1) is 7.83. The van der Waals surface area contributed by atoms with Crippen LogP contribution in [0.25, 0.3) is 11.5 Å². The van der Waals surface area contributed by atoms with Crippen LogP contribution in [0.1, 0.15) is 18.4 Å². The van der Waals surface area contributed by atoms with Gasteiger partial charge in [-0.1, -0.05) is 5.16 Å². The molecular weight excluding hydrogens is 212 g/mol. The van der Waals surface area contributed by atoms with Gasteiger partial charge in [-0.25, -0.2) is 0 Å². The monoisotopic (exact) mass is 222 g/mol. The quantitative estimate of drug-likeness (QED) is 0.612. The van der Waals surface area contributed by atoms with Gasteiger partial charge in [0, 0.05) is 6.54 Å². The lowest BCUT2D eigenvalue weighted by Crippen LogP contribution is -2.15. The van der Waals surface area contributed by atoms with Crippen LogP contribution < -0.4 is 5.32 Å². The first kappa shape index (κ1) is 9.43. The zero-order valence-electron chi connectivity index (χ0n) is 8.29. The Morgan fingerprint density at radius 2 is 2.44 bits per heavy atom. The average molecular weight is 222 g/mol. The summed E-state index contributed by atoms with van der Waals surface area (Å²) in [6.07, 6.45) is 1.75. The predicted molar refractivity (Wildman–Crippen MR) is 51.0 cm³/mol. The molecule has 2 atom stereocenters. The molecule has 84 valence electrons. The van der Waals surface area contributed by atoms with E-state index in [1.807, 2.05) is 0 Å². The Morgan fingerprint density at radius 1 is 1.50 bits per heavy atom. The van der Waals surface area contributed by atoms with Gasteiger partial charge in [0.1, 0.15) is 0 Å². The summed E-state index contributed by atoms with van der Waals surface area (Å²) in [6, 6.07) is -0.0804. The summed E-state index contributed by atoms with van der Waals surface area (Å²) in [4.78, 5) is 4.20. The van der Waals surface area contributed by atoms with Gasteiger partial charge in [0.25, 0.3) is 0 Å². The highest BCUT2D eigenvalue weighted by molar-refractivity contribution is 5.44. The molecule has 3 N–H and O–H groups in total. The van der Waals surface area contributed by atoms with Crippen LogP contribution in [-0.2, 0) is 0 Å². The van der Waals surface area contributed by atoms with Crippen molar-refractivity contribution < 1.29 is 9.63 Å². The maximum atomic E-state index is 9.37. The zero-order valence-corrected chi connectivity index (χ0v) is 8.29. The van der Waals surface area contributed by atoms with Gasteiger partial charge >= 0.3 is 0 Å². The van der Waals surface area contributed by atoms with Gasteiger partial charge in [0.2, 0.25) is 11.7 Å². The Morgan fingerprint density at radius 3 is 3.12 bits per heavy atom. The molecule has 8 heteroatoms. The molecule has 3 rings (SSSR count). The van der Waals surface area contributed by atoms with Crippen LogP contribution in [-0.4, -0.2) is 43.3 Å². The third-order valence-corrected chi connectivity index (χ3v) is 2.49. The number of hydrogen-bond donors (Lipinski definition) is 3. The van der Waals surface area contributed by atoms with Crippen LogP contribution >= 0.6 is 0 Å². The number of rotatable bonds is 2. The Balaban J connectivity index is 1.83. The third-order valence-electron chi connectivity index (χ3n) is 2.49. The lowest BCUT2D eigenvalue weighted by molar-refractivity contribution is 0.191. The van der Waals surface area contributed by atoms with Gasteiger partial charge in [-0.3, -0.25) is 0 Å². The number of aromatic amines is 1. The van der Waals surface area contributed by atoms with Crippen molar-refractivity contribution in [2.75, 3.05) is 6.54 Å². The number of nitrogens with zero attached hydrogens (tertiary/aromatic N) is 4. The molecule has 2 aromatic rings. The maximum Gasteiger partial charge on any atom is 0.244 e. The highest BCUT2D eigenvalue weighted by Crippen LogP contribution is 2.23. The van der Waals surface area contributed by atoms with E-state index < -0.39 is 0 Å². The van der Waals surface area contributed by atoms with E-state index in [1.54, 1.807) is 0 Å². The van der Waals surface area contributed by atoms with Gasteiger partial charge in [-0.05, 0) is 6.42 Å². The van der Waals surface area contributed by atoms with Crippen LogP contribution in [0.3, 0.4) is 0 Å². The van der Waals surface area contributed by atoms with Crippen LogP contribution in [0.5, 0.6) is 0 Å². The molecule has 0 amide bonds. The fourth-order valence-electron chi connectivity index (χ4n) is 1.70. The number of aromatic nitrogens is 5. The average Bonchev–Trinajstić information content (AvgIpc) is 2.97. The van der Waals surface area contributed by atoms with Gasteiger partial charge in [0.15, 0.2) is 5.69 Å². The smallest absolute Gasteiger partial charge is 0.244 e. The molecule has 1 aliphatic heterocycles. The van der Waals surface area contributed by atoms with Crippen molar-refractivity contribution >= 4 is 0 Å². The number of β-amino-alcohol motifs (C(OH)–C–C–N with tert-alkyl or cyclic N) is 1. The normalized spacial score (nSPS) is 25.1. The van der Waals surface area contributed by atoms with Crippen molar-refractivity contribution in [3.05, 3.63) is 12.1 Å². The van der Waals surface area contributed by atoms with Gasteiger partial charge < -0.3 is 14.9 Å². The largest absolute Gasteiger partial charge is 0.392 e. The highest BCUT2D eigenvalue weighted by atomic mass is 16.5. The molecule has 0 spiro atoms. The molecule has 0 aliphatic carbocycles. The van der Waals surface area contributed by atoms with E-state index in [9.17, 15) is 5.11 Å². The Labute approximate surface area is 90.1 Å². The summed E-state index contributed by atoms with van der Waals surface area (Å²) in [5.41, 5.74) is 0.536. The number of H-pyrrole nitrogens is 1. The van der Waals surface area contributed by atoms with Gasteiger partial charge in [-0.15, -0.1) is 0 Å². The fraction of sp³-hybridized carbons (Fsp3) is 0.500. The molecule has 1 saturated heterocycles. The first-order valence-corrected chi connectivity index (χ1v) is 4.94. The molecule has 0 aromatic carbocycles. The van der Waals surface area contributed by atoms with Gasteiger partial charge in [-0.2, -0.15) is 20.4 Å². The van der Waals surface area contributed by atoms with E-state index in [4.69, 9.17) is 4.52 Å². The van der Waals surface area contributed by atoms with E-state index >= 15 is 0 Å². The third kappa shape index (κ3) is 1.57. The summed E-state index contributed by atoms with van der Waals surface area (Å²) in [6.45, 7) is 0.548. The molecule has 1 aliphatic rings. The number of hydrogen-bond acceptors (Lipinski definition) is 7. The van der Waals surface area contributed by atoms with Crippen LogP contribution in [0.2, 0.25) is 0 Å².